The van der Waals surface area contributed by atoms with Crippen LogP contribution in [0.5, 0.6) is 5.75 Å². The summed E-state index contributed by atoms with van der Waals surface area (Å²) in [4.78, 5) is 13.6. The Kier molecular flexibility index (Phi) is 8.51. The fourth-order valence-corrected chi connectivity index (χ4v) is 2.75. The third-order valence-electron chi connectivity index (χ3n) is 4.27. The zero-order chi connectivity index (χ0) is 21.3. The molecule has 29 heavy (non-hydrogen) atoms. The molecule has 0 radical (unpaired) electrons. The Labute approximate surface area is 169 Å². The van der Waals surface area contributed by atoms with E-state index >= 15 is 0 Å². The molecule has 158 valence electrons. The quantitative estimate of drug-likeness (QED) is 0.512. The third-order valence-corrected chi connectivity index (χ3v) is 4.27. The Hall–Kier alpha value is -2.54. The molecule has 2 rings (SSSR count). The van der Waals surface area contributed by atoms with Crippen LogP contribution in [-0.4, -0.2) is 37.6 Å². The first-order valence-corrected chi connectivity index (χ1v) is 9.52. The molecule has 0 spiro atoms. The number of hydrogen-bond acceptors (Lipinski definition) is 4. The SMILES string of the molecule is CCCOC(=O)CN(C)CCC(Oc1ccc(C(F)(F)F)cc1)c1ccccc1. The molecule has 0 N–H and O–H groups in total. The smallest absolute Gasteiger partial charge is 0.416 e. The van der Waals surface area contributed by atoms with E-state index in [0.29, 0.717) is 25.3 Å². The molecule has 2 aromatic carbocycles. The first-order valence-electron chi connectivity index (χ1n) is 9.52. The van der Waals surface area contributed by atoms with Gasteiger partial charge < -0.3 is 9.47 Å². The van der Waals surface area contributed by atoms with E-state index in [1.807, 2.05) is 49.2 Å². The molecule has 0 bridgehead atoms. The fourth-order valence-electron chi connectivity index (χ4n) is 2.75. The molecule has 4 nitrogen and oxygen atoms in total. The van der Waals surface area contributed by atoms with E-state index in [4.69, 9.17) is 9.47 Å². The Morgan fingerprint density at radius 3 is 2.31 bits per heavy atom. The molecule has 0 aliphatic carbocycles. The predicted molar refractivity (Wildman–Crippen MR) is 105 cm³/mol. The molecule has 0 aliphatic heterocycles. The molecule has 0 aromatic heterocycles. The van der Waals surface area contributed by atoms with Gasteiger partial charge in [0, 0.05) is 13.0 Å². The van der Waals surface area contributed by atoms with E-state index in [2.05, 4.69) is 0 Å². The van der Waals surface area contributed by atoms with Gasteiger partial charge in [0.15, 0.2) is 0 Å². The highest BCUT2D eigenvalue weighted by atomic mass is 19.4. The average molecular weight is 409 g/mol. The minimum absolute atomic E-state index is 0.168. The van der Waals surface area contributed by atoms with Gasteiger partial charge in [-0.1, -0.05) is 37.3 Å². The topological polar surface area (TPSA) is 38.8 Å². The van der Waals surface area contributed by atoms with Crippen LogP contribution in [0.3, 0.4) is 0 Å². The highest BCUT2D eigenvalue weighted by Crippen LogP contribution is 2.32. The van der Waals surface area contributed by atoms with Crippen molar-refractivity contribution < 1.29 is 27.4 Å². The minimum Gasteiger partial charge on any atom is -0.486 e. The number of alkyl halides is 3. The van der Waals surface area contributed by atoms with Gasteiger partial charge in [-0.2, -0.15) is 13.2 Å². The van der Waals surface area contributed by atoms with Crippen molar-refractivity contribution in [2.24, 2.45) is 0 Å². The van der Waals surface area contributed by atoms with Crippen molar-refractivity contribution in [2.75, 3.05) is 26.7 Å². The van der Waals surface area contributed by atoms with E-state index in [1.165, 1.54) is 12.1 Å². The molecule has 2 aromatic rings. The van der Waals surface area contributed by atoms with Crippen molar-refractivity contribution in [2.45, 2.75) is 32.0 Å². The molecular formula is C22H26F3NO3. The Morgan fingerprint density at radius 2 is 1.72 bits per heavy atom. The number of likely N-dealkylation sites (N-methyl/N-ethyl adjacent to an activating group) is 1. The van der Waals surface area contributed by atoms with Crippen LogP contribution in [-0.2, 0) is 15.7 Å². The van der Waals surface area contributed by atoms with Crippen molar-refractivity contribution in [3.8, 4) is 5.75 Å². The first-order chi connectivity index (χ1) is 13.8. The van der Waals surface area contributed by atoms with Crippen molar-refractivity contribution in [3.05, 3.63) is 65.7 Å². The average Bonchev–Trinajstić information content (AvgIpc) is 2.70. The lowest BCUT2D eigenvalue weighted by molar-refractivity contribution is -0.144. The maximum absolute atomic E-state index is 12.8. The standard InChI is InChI=1S/C22H26F3NO3/c1-3-15-28-21(27)16-26(2)14-13-20(17-7-5-4-6-8-17)29-19-11-9-18(10-12-19)22(23,24)25/h4-12,20H,3,13-16H2,1-2H3. The second-order valence-electron chi connectivity index (χ2n) is 6.79. The highest BCUT2D eigenvalue weighted by Gasteiger charge is 2.30. The van der Waals surface area contributed by atoms with Crippen molar-refractivity contribution in [3.63, 3.8) is 0 Å². The molecule has 0 saturated carbocycles. The largest absolute Gasteiger partial charge is 0.486 e. The van der Waals surface area contributed by atoms with Crippen LogP contribution in [0.25, 0.3) is 0 Å². The molecule has 0 aliphatic rings. The van der Waals surface area contributed by atoms with E-state index in [1.54, 1.807) is 0 Å². The van der Waals surface area contributed by atoms with Crippen LogP contribution >= 0.6 is 0 Å². The first kappa shape index (κ1) is 22.7. The molecule has 1 atom stereocenters. The van der Waals surface area contributed by atoms with Gasteiger partial charge in [-0.3, -0.25) is 9.69 Å². The highest BCUT2D eigenvalue weighted by molar-refractivity contribution is 5.71. The van der Waals surface area contributed by atoms with E-state index < -0.39 is 11.7 Å². The van der Waals surface area contributed by atoms with Gasteiger partial charge in [0.2, 0.25) is 0 Å². The summed E-state index contributed by atoms with van der Waals surface area (Å²) in [6, 6.07) is 14.1. The van der Waals surface area contributed by atoms with E-state index in [0.717, 1.165) is 24.1 Å². The van der Waals surface area contributed by atoms with Gasteiger partial charge >= 0.3 is 12.1 Å². The zero-order valence-electron chi connectivity index (χ0n) is 16.6. The molecule has 0 amide bonds. The summed E-state index contributed by atoms with van der Waals surface area (Å²) in [5.41, 5.74) is 0.195. The van der Waals surface area contributed by atoms with E-state index in [9.17, 15) is 18.0 Å². The summed E-state index contributed by atoms with van der Waals surface area (Å²) in [6.07, 6.45) is -3.41. The van der Waals surface area contributed by atoms with Crippen LogP contribution in [0.4, 0.5) is 13.2 Å². The van der Waals surface area contributed by atoms with Gasteiger partial charge in [0.1, 0.15) is 11.9 Å². The number of halogens is 3. The van der Waals surface area contributed by atoms with Crippen LogP contribution in [0, 0.1) is 0 Å². The van der Waals surface area contributed by atoms with Crippen LogP contribution < -0.4 is 4.74 Å². The number of carbonyl (C=O) groups is 1. The van der Waals surface area contributed by atoms with Crippen LogP contribution in [0.15, 0.2) is 54.6 Å². The van der Waals surface area contributed by atoms with Gasteiger partial charge in [0.05, 0.1) is 18.7 Å². The predicted octanol–water partition coefficient (Wildman–Crippen LogP) is 5.10. The van der Waals surface area contributed by atoms with Gasteiger partial charge in [-0.05, 0) is 43.3 Å². The third kappa shape index (κ3) is 7.77. The van der Waals surface area contributed by atoms with Crippen LogP contribution in [0.1, 0.15) is 37.0 Å². The zero-order valence-corrected chi connectivity index (χ0v) is 16.6. The van der Waals surface area contributed by atoms with Gasteiger partial charge in [0.25, 0.3) is 0 Å². The normalized spacial score (nSPS) is 12.6. The number of hydrogen-bond donors (Lipinski definition) is 0. The Morgan fingerprint density at radius 1 is 1.07 bits per heavy atom. The number of benzene rings is 2. The Bertz CT molecular complexity index is 748. The number of nitrogens with zero attached hydrogens (tertiary/aromatic N) is 1. The molecule has 0 fully saturated rings. The lowest BCUT2D eigenvalue weighted by Crippen LogP contribution is -2.29. The lowest BCUT2D eigenvalue weighted by Gasteiger charge is -2.23. The monoisotopic (exact) mass is 409 g/mol. The summed E-state index contributed by atoms with van der Waals surface area (Å²) in [7, 11) is 1.81. The Balaban J connectivity index is 2.02. The number of esters is 1. The summed E-state index contributed by atoms with van der Waals surface area (Å²) >= 11 is 0. The minimum atomic E-state index is -4.38. The maximum Gasteiger partial charge on any atom is 0.416 e. The van der Waals surface area contributed by atoms with Crippen molar-refractivity contribution >= 4 is 5.97 Å². The second kappa shape index (κ2) is 10.9. The summed E-state index contributed by atoms with van der Waals surface area (Å²) < 4.78 is 49.3. The summed E-state index contributed by atoms with van der Waals surface area (Å²) in [6.45, 7) is 3.06. The maximum atomic E-state index is 12.8. The molecule has 7 heteroatoms. The lowest BCUT2D eigenvalue weighted by atomic mass is 10.1. The van der Waals surface area contributed by atoms with Gasteiger partial charge in [-0.25, -0.2) is 0 Å². The van der Waals surface area contributed by atoms with Crippen molar-refractivity contribution in [1.82, 2.24) is 4.90 Å². The molecule has 0 saturated heterocycles. The summed E-state index contributed by atoms with van der Waals surface area (Å²) in [5, 5.41) is 0. The second-order valence-corrected chi connectivity index (χ2v) is 6.79. The summed E-state index contributed by atoms with van der Waals surface area (Å²) in [5.74, 6) is 0.0751. The molecule has 1 unspecified atom stereocenters. The number of carbonyl (C=O) groups excluding carboxylic acids is 1. The van der Waals surface area contributed by atoms with E-state index in [-0.39, 0.29) is 18.6 Å². The number of rotatable bonds is 10. The van der Waals surface area contributed by atoms with Crippen molar-refractivity contribution in [1.29, 1.82) is 0 Å². The fraction of sp³-hybridized carbons (Fsp3) is 0.409. The molecule has 0 heterocycles. The van der Waals surface area contributed by atoms with Crippen LogP contribution in [0.2, 0.25) is 0 Å². The van der Waals surface area contributed by atoms with Gasteiger partial charge in [-0.15, -0.1) is 0 Å². The number of ether oxygens (including phenoxy) is 2. The molecular weight excluding hydrogens is 383 g/mol.